The predicted molar refractivity (Wildman–Crippen MR) is 278 cm³/mol. The van der Waals surface area contributed by atoms with Crippen LogP contribution in [0.15, 0.2) is 85.1 Å². The van der Waals surface area contributed by atoms with Gasteiger partial charge in [-0.25, -0.2) is 0 Å². The summed E-state index contributed by atoms with van der Waals surface area (Å²) in [6.45, 7) is 6.76. The summed E-state index contributed by atoms with van der Waals surface area (Å²) in [6.07, 6.45) is 1.06. The molecule has 0 aromatic carbocycles. The Bertz CT molecular complexity index is 2000. The van der Waals surface area contributed by atoms with Gasteiger partial charge in [-0.3, -0.25) is 24.1 Å². The number of carboxylic acids is 3. The number of aliphatic hydroxyl groups is 10. The van der Waals surface area contributed by atoms with E-state index in [1.165, 1.54) is 19.1 Å². The fourth-order valence-electron chi connectivity index (χ4n) is 9.62. The number of rotatable bonds is 12. The fourth-order valence-corrected chi connectivity index (χ4v) is 9.62. The van der Waals surface area contributed by atoms with Crippen LogP contribution in [0.5, 0.6) is 0 Å². The lowest BCUT2D eigenvalue weighted by Crippen LogP contribution is -2.64. The van der Waals surface area contributed by atoms with Gasteiger partial charge in [-0.05, 0) is 59.0 Å². The van der Waals surface area contributed by atoms with Gasteiger partial charge in [-0.1, -0.05) is 98.9 Å². The van der Waals surface area contributed by atoms with Gasteiger partial charge in [0.05, 0.1) is 79.6 Å². The zero-order valence-corrected chi connectivity index (χ0v) is 44.4. The largest absolute Gasteiger partial charge is 0.481 e. The Hall–Kier alpha value is -4.50. The van der Waals surface area contributed by atoms with Crippen LogP contribution in [0.3, 0.4) is 0 Å². The second-order valence-corrected chi connectivity index (χ2v) is 20.5. The van der Waals surface area contributed by atoms with E-state index in [1.807, 2.05) is 6.92 Å². The Balaban J connectivity index is 1.97. The molecular formula is C55H85NO21. The molecule has 2 bridgehead atoms. The Kier molecular flexibility index (Phi) is 29.3. The van der Waals surface area contributed by atoms with Crippen molar-refractivity contribution in [3.63, 3.8) is 0 Å². The van der Waals surface area contributed by atoms with E-state index in [4.69, 9.17) is 18.9 Å². The van der Waals surface area contributed by atoms with E-state index in [0.717, 1.165) is 0 Å². The Morgan fingerprint density at radius 1 is 0.623 bits per heavy atom. The SMILES string of the molecule is C[C@@H]1[C@H](O)[C@@H](C)\C=C/C=C/C=C/C=C/C=C/C=C/C=C/[C@H](O[C@@H]2O[C@H](C)[C@@H](O)[C@H](N(CCCC(=O)O)CCCC(=O)O)[C@@H]2O)C[C@@H]2O[C@](O)(C[C@@H](O)C[C@@H](O)[C@H](O)CC[C@@H](O)C[C@@H](O)CC(=O)O[C@H]1C)C[C@H](O)[C@H]2C(=O)O. The third kappa shape index (κ3) is 23.8. The molecule has 0 aromatic rings. The molecule has 2 saturated heterocycles. The van der Waals surface area contributed by atoms with Crippen LogP contribution >= 0.6 is 0 Å². The van der Waals surface area contributed by atoms with E-state index in [0.29, 0.717) is 0 Å². The summed E-state index contributed by atoms with van der Waals surface area (Å²) < 4.78 is 23.8. The highest BCUT2D eigenvalue weighted by Gasteiger charge is 2.51. The number of carbonyl (C=O) groups excluding carboxylic acids is 1. The van der Waals surface area contributed by atoms with Gasteiger partial charge < -0.3 is 85.3 Å². The van der Waals surface area contributed by atoms with E-state index in [2.05, 4.69) is 0 Å². The smallest absolute Gasteiger partial charge is 0.311 e. The van der Waals surface area contributed by atoms with Crippen molar-refractivity contribution in [1.82, 2.24) is 4.90 Å². The first-order valence-corrected chi connectivity index (χ1v) is 26.4. The van der Waals surface area contributed by atoms with Crippen LogP contribution < -0.4 is 0 Å². The lowest BCUT2D eigenvalue weighted by Gasteiger charge is -2.47. The number of hydrogen-bond acceptors (Lipinski definition) is 19. The van der Waals surface area contributed by atoms with Crippen molar-refractivity contribution in [1.29, 1.82) is 0 Å². The summed E-state index contributed by atoms with van der Waals surface area (Å²) in [5.74, 6) is -9.32. The highest BCUT2D eigenvalue weighted by Crippen LogP contribution is 2.38. The van der Waals surface area contributed by atoms with Gasteiger partial charge in [0.1, 0.15) is 18.1 Å². The third-order valence-electron chi connectivity index (χ3n) is 14.0. The van der Waals surface area contributed by atoms with Crippen LogP contribution in [0.4, 0.5) is 0 Å². The van der Waals surface area contributed by atoms with Crippen molar-refractivity contribution < 1.29 is 105 Å². The Labute approximate surface area is 450 Å². The number of allylic oxidation sites excluding steroid dienone is 12. The molecular weight excluding hydrogens is 1010 g/mol. The van der Waals surface area contributed by atoms with E-state index in [9.17, 15) is 85.6 Å². The number of esters is 1. The summed E-state index contributed by atoms with van der Waals surface area (Å²) in [6, 6.07) is -1.16. The zero-order valence-electron chi connectivity index (χ0n) is 44.4. The van der Waals surface area contributed by atoms with Crippen molar-refractivity contribution in [2.45, 2.75) is 202 Å². The van der Waals surface area contributed by atoms with Gasteiger partial charge in [0.15, 0.2) is 12.1 Å². The Morgan fingerprint density at radius 3 is 1.71 bits per heavy atom. The van der Waals surface area contributed by atoms with E-state index in [-0.39, 0.29) is 64.0 Å². The monoisotopic (exact) mass is 1100 g/mol. The maximum absolute atomic E-state index is 12.7. The van der Waals surface area contributed by atoms with Gasteiger partial charge in [0.2, 0.25) is 0 Å². The highest BCUT2D eigenvalue weighted by molar-refractivity contribution is 5.72. The molecule has 0 aromatic heterocycles. The maximum Gasteiger partial charge on any atom is 0.311 e. The molecule has 0 spiro atoms. The number of cyclic esters (lactones) is 1. The molecule has 19 atom stereocenters. The average molecular weight is 1100 g/mol. The second kappa shape index (κ2) is 33.8. The minimum Gasteiger partial charge on any atom is -0.481 e. The lowest BCUT2D eigenvalue weighted by molar-refractivity contribution is -0.312. The molecule has 436 valence electrons. The van der Waals surface area contributed by atoms with E-state index >= 15 is 0 Å². The topological polar surface area (TPSA) is 371 Å². The number of fused-ring (bicyclic) bond motifs is 2. The molecule has 3 rings (SSSR count). The number of aliphatic hydroxyl groups excluding tert-OH is 9. The van der Waals surface area contributed by atoms with Crippen LogP contribution in [0, 0.1) is 17.8 Å². The predicted octanol–water partition coefficient (Wildman–Crippen LogP) is 1.78. The molecule has 0 amide bonds. The lowest BCUT2D eigenvalue weighted by atomic mass is 9.82. The van der Waals surface area contributed by atoms with E-state index < -0.39 is 165 Å². The van der Waals surface area contributed by atoms with Crippen LogP contribution in [0.2, 0.25) is 0 Å². The molecule has 3 heterocycles. The van der Waals surface area contributed by atoms with Gasteiger partial charge >= 0.3 is 23.9 Å². The van der Waals surface area contributed by atoms with Gasteiger partial charge in [-0.15, -0.1) is 0 Å². The fraction of sp³-hybridized carbons (Fsp3) is 0.673. The molecule has 0 aliphatic carbocycles. The van der Waals surface area contributed by atoms with Crippen molar-refractivity contribution in [3.05, 3.63) is 85.1 Å². The van der Waals surface area contributed by atoms with Crippen molar-refractivity contribution in [2.75, 3.05) is 13.1 Å². The van der Waals surface area contributed by atoms with Gasteiger partial charge in [-0.2, -0.15) is 0 Å². The minimum absolute atomic E-state index is 0.0416. The molecule has 77 heavy (non-hydrogen) atoms. The maximum atomic E-state index is 12.7. The van der Waals surface area contributed by atoms with Crippen molar-refractivity contribution in [2.24, 2.45) is 17.8 Å². The van der Waals surface area contributed by atoms with Crippen LogP contribution in [-0.4, -0.2) is 206 Å². The van der Waals surface area contributed by atoms with Crippen LogP contribution in [0.1, 0.15) is 105 Å². The number of aliphatic carboxylic acids is 3. The average Bonchev–Trinajstić information content (AvgIpc) is 3.33. The second-order valence-electron chi connectivity index (χ2n) is 20.5. The standard InChI is InChI=1S/C55H85NO21/c1-33-19-15-13-11-9-7-5-6-8-10-12-14-16-20-40(76-54-52(70)49(51(69)36(4)75-54)56(25-17-21-45(63)64)26-18-22-46(65)66)30-44-48(53(71)72)43(62)32-55(73,77-44)31-39(59)28-42(61)41(60)24-23-37(57)27-38(58)29-47(67)74-35(3)34(2)50(33)68/h5-16,19-20,33-44,48-52,54,57-62,68-70,73H,17-18,21-32H2,1-4H3,(H,63,64)(H,65,66)(H,71,72)/b6-5+,9-7+,10-8+,13-11+,14-12+,19-15-,20-16+/t33-,34-,35-,36+,37+,38+,39-,40-,41+,42+,43-,44-,48+,49-,50+,51+,52-,54-,55+/m0/s1. The first kappa shape index (κ1) is 66.8. The van der Waals surface area contributed by atoms with E-state index in [1.54, 1.807) is 91.7 Å². The number of nitrogens with zero attached hydrogens (tertiary/aromatic N) is 1. The third-order valence-corrected chi connectivity index (χ3v) is 14.0. The number of carbonyl (C=O) groups is 4. The minimum atomic E-state index is -2.41. The molecule has 3 aliphatic rings. The summed E-state index contributed by atoms with van der Waals surface area (Å²) in [5, 5.41) is 140. The number of carboxylic acid groups (broad SMARTS) is 3. The first-order valence-electron chi connectivity index (χ1n) is 26.4. The quantitative estimate of drug-likeness (QED) is 0.124. The molecule has 3 aliphatic heterocycles. The molecule has 13 N–H and O–H groups in total. The zero-order chi connectivity index (χ0) is 57.4. The summed E-state index contributed by atoms with van der Waals surface area (Å²) in [7, 11) is 0. The molecule has 2 fully saturated rings. The van der Waals surface area contributed by atoms with Crippen molar-refractivity contribution in [3.8, 4) is 0 Å². The summed E-state index contributed by atoms with van der Waals surface area (Å²) in [4.78, 5) is 49.8. The molecule has 0 unspecified atom stereocenters. The van der Waals surface area contributed by atoms with Crippen molar-refractivity contribution >= 4 is 23.9 Å². The molecule has 22 nitrogen and oxygen atoms in total. The normalized spacial score (nSPS) is 40.2. The number of ether oxygens (including phenoxy) is 4. The summed E-state index contributed by atoms with van der Waals surface area (Å²) in [5.41, 5.74) is 0. The van der Waals surface area contributed by atoms with Crippen LogP contribution in [-0.2, 0) is 38.1 Å². The highest BCUT2D eigenvalue weighted by atomic mass is 16.7. The number of hydrogen-bond donors (Lipinski definition) is 13. The van der Waals surface area contributed by atoms with Gasteiger partial charge in [0, 0.05) is 50.4 Å². The Morgan fingerprint density at radius 2 is 1.17 bits per heavy atom. The van der Waals surface area contributed by atoms with Crippen LogP contribution in [0.25, 0.3) is 0 Å². The molecule has 22 heteroatoms. The molecule has 0 radical (unpaired) electrons. The molecule has 0 saturated carbocycles. The van der Waals surface area contributed by atoms with Gasteiger partial charge in [0.25, 0.3) is 0 Å². The summed E-state index contributed by atoms with van der Waals surface area (Å²) >= 11 is 0. The first-order chi connectivity index (χ1) is 36.3.